The first-order chi connectivity index (χ1) is 8.95. The Kier molecular flexibility index (Phi) is 4.21. The minimum absolute atomic E-state index is 0.327. The molecule has 2 nitrogen and oxygen atoms in total. The highest BCUT2D eigenvalue weighted by molar-refractivity contribution is 5.24. The summed E-state index contributed by atoms with van der Waals surface area (Å²) >= 11 is 0. The van der Waals surface area contributed by atoms with Gasteiger partial charge in [-0.05, 0) is 44.6 Å². The van der Waals surface area contributed by atoms with Crippen LogP contribution in [0.1, 0.15) is 43.8 Å². The summed E-state index contributed by atoms with van der Waals surface area (Å²) in [4.78, 5) is 2.00. The SMILES string of the molecule is CN(C)C1(C(O)c2cc(F)cc(F)c2)CCCCC1. The molecule has 1 N–H and O–H groups in total. The molecular weight excluding hydrogens is 248 g/mol. The summed E-state index contributed by atoms with van der Waals surface area (Å²) in [6, 6.07) is 3.29. The summed E-state index contributed by atoms with van der Waals surface area (Å²) in [6.07, 6.45) is 4.05. The van der Waals surface area contributed by atoms with Gasteiger partial charge in [-0.1, -0.05) is 19.3 Å². The number of benzene rings is 1. The lowest BCUT2D eigenvalue weighted by Crippen LogP contribution is -2.50. The molecule has 106 valence electrons. The van der Waals surface area contributed by atoms with Gasteiger partial charge in [0, 0.05) is 6.07 Å². The Hall–Kier alpha value is -1.00. The molecule has 1 atom stereocenters. The largest absolute Gasteiger partial charge is 0.386 e. The van der Waals surface area contributed by atoms with Crippen LogP contribution in [0.2, 0.25) is 0 Å². The molecule has 0 aliphatic heterocycles. The van der Waals surface area contributed by atoms with Crippen molar-refractivity contribution in [1.82, 2.24) is 4.90 Å². The smallest absolute Gasteiger partial charge is 0.126 e. The highest BCUT2D eigenvalue weighted by Gasteiger charge is 2.41. The van der Waals surface area contributed by atoms with Crippen molar-refractivity contribution in [2.75, 3.05) is 14.1 Å². The maximum absolute atomic E-state index is 13.3. The van der Waals surface area contributed by atoms with E-state index in [2.05, 4.69) is 0 Å². The zero-order valence-electron chi connectivity index (χ0n) is 11.5. The Bertz CT molecular complexity index is 422. The Balaban J connectivity index is 2.36. The first-order valence-corrected chi connectivity index (χ1v) is 6.77. The van der Waals surface area contributed by atoms with Gasteiger partial charge < -0.3 is 10.0 Å². The van der Waals surface area contributed by atoms with Crippen LogP contribution in [0.15, 0.2) is 18.2 Å². The zero-order valence-corrected chi connectivity index (χ0v) is 11.5. The van der Waals surface area contributed by atoms with Gasteiger partial charge in [0.05, 0.1) is 11.6 Å². The molecule has 1 aliphatic rings. The number of hydrogen-bond donors (Lipinski definition) is 1. The van der Waals surface area contributed by atoms with Crippen molar-refractivity contribution >= 4 is 0 Å². The second-order valence-corrected chi connectivity index (χ2v) is 5.66. The van der Waals surface area contributed by atoms with Gasteiger partial charge in [0.1, 0.15) is 11.6 Å². The number of nitrogens with zero attached hydrogens (tertiary/aromatic N) is 1. The van der Waals surface area contributed by atoms with Crippen LogP contribution in [-0.4, -0.2) is 29.6 Å². The normalized spacial score (nSPS) is 20.5. The minimum atomic E-state index is -0.868. The highest BCUT2D eigenvalue weighted by Crippen LogP contribution is 2.42. The van der Waals surface area contributed by atoms with E-state index in [-0.39, 0.29) is 0 Å². The number of halogens is 2. The fraction of sp³-hybridized carbons (Fsp3) is 0.600. The molecule has 1 saturated carbocycles. The van der Waals surface area contributed by atoms with Crippen molar-refractivity contribution in [2.45, 2.75) is 43.7 Å². The predicted molar refractivity (Wildman–Crippen MR) is 70.8 cm³/mol. The average molecular weight is 269 g/mol. The van der Waals surface area contributed by atoms with Crippen LogP contribution >= 0.6 is 0 Å². The molecular formula is C15H21F2NO. The molecule has 1 aromatic rings. The lowest BCUT2D eigenvalue weighted by Gasteiger charge is -2.46. The third-order valence-corrected chi connectivity index (χ3v) is 4.32. The van der Waals surface area contributed by atoms with Gasteiger partial charge in [0.2, 0.25) is 0 Å². The number of hydrogen-bond acceptors (Lipinski definition) is 2. The van der Waals surface area contributed by atoms with E-state index in [0.717, 1.165) is 38.2 Å². The van der Waals surface area contributed by atoms with Gasteiger partial charge in [-0.15, -0.1) is 0 Å². The van der Waals surface area contributed by atoms with E-state index in [1.165, 1.54) is 12.1 Å². The van der Waals surface area contributed by atoms with E-state index in [4.69, 9.17) is 0 Å². The topological polar surface area (TPSA) is 23.5 Å². The standard InChI is InChI=1S/C15H21F2NO/c1-18(2)15(6-4-3-5-7-15)14(19)11-8-12(16)10-13(17)9-11/h8-10,14,19H,3-7H2,1-2H3. The summed E-state index contributed by atoms with van der Waals surface area (Å²) in [7, 11) is 3.84. The summed E-state index contributed by atoms with van der Waals surface area (Å²) in [5.41, 5.74) is -0.0912. The van der Waals surface area contributed by atoms with E-state index in [1.807, 2.05) is 19.0 Å². The molecule has 1 unspecified atom stereocenters. The summed E-state index contributed by atoms with van der Waals surface area (Å²) < 4.78 is 26.6. The second kappa shape index (κ2) is 5.55. The lowest BCUT2D eigenvalue weighted by molar-refractivity contribution is -0.0338. The van der Waals surface area contributed by atoms with Crippen molar-refractivity contribution < 1.29 is 13.9 Å². The molecule has 0 saturated heterocycles. The van der Waals surface area contributed by atoms with Crippen molar-refractivity contribution in [1.29, 1.82) is 0 Å². The minimum Gasteiger partial charge on any atom is -0.386 e. The molecule has 0 amide bonds. The fourth-order valence-corrected chi connectivity index (χ4v) is 3.17. The Morgan fingerprint density at radius 3 is 2.05 bits per heavy atom. The predicted octanol–water partition coefficient (Wildman–Crippen LogP) is 3.26. The molecule has 0 spiro atoms. The Labute approximate surface area is 113 Å². The number of likely N-dealkylation sites (N-methyl/N-ethyl adjacent to an activating group) is 1. The Morgan fingerprint density at radius 2 is 1.58 bits per heavy atom. The van der Waals surface area contributed by atoms with Crippen LogP contribution in [0.3, 0.4) is 0 Å². The summed E-state index contributed by atoms with van der Waals surface area (Å²) in [5.74, 6) is -1.28. The van der Waals surface area contributed by atoms with Gasteiger partial charge in [-0.2, -0.15) is 0 Å². The van der Waals surface area contributed by atoms with Crippen LogP contribution < -0.4 is 0 Å². The first-order valence-electron chi connectivity index (χ1n) is 6.77. The molecule has 2 rings (SSSR count). The van der Waals surface area contributed by atoms with Gasteiger partial charge in [0.15, 0.2) is 0 Å². The molecule has 1 aliphatic carbocycles. The molecule has 1 aromatic carbocycles. The number of aliphatic hydroxyl groups excluding tert-OH is 1. The van der Waals surface area contributed by atoms with Crippen molar-refractivity contribution in [3.8, 4) is 0 Å². The monoisotopic (exact) mass is 269 g/mol. The maximum Gasteiger partial charge on any atom is 0.126 e. The van der Waals surface area contributed by atoms with Gasteiger partial charge in [-0.25, -0.2) is 8.78 Å². The highest BCUT2D eigenvalue weighted by atomic mass is 19.1. The number of aliphatic hydroxyl groups is 1. The number of rotatable bonds is 3. The van der Waals surface area contributed by atoms with E-state index < -0.39 is 23.3 Å². The van der Waals surface area contributed by atoms with Crippen molar-refractivity contribution in [2.24, 2.45) is 0 Å². The quantitative estimate of drug-likeness (QED) is 0.910. The van der Waals surface area contributed by atoms with E-state index in [9.17, 15) is 13.9 Å². The first kappa shape index (κ1) is 14.4. The van der Waals surface area contributed by atoms with E-state index in [1.54, 1.807) is 0 Å². The second-order valence-electron chi connectivity index (χ2n) is 5.66. The molecule has 0 radical (unpaired) electrons. The van der Waals surface area contributed by atoms with E-state index in [0.29, 0.717) is 5.56 Å². The van der Waals surface area contributed by atoms with Gasteiger partial charge >= 0.3 is 0 Å². The lowest BCUT2D eigenvalue weighted by atomic mass is 9.74. The van der Waals surface area contributed by atoms with Crippen LogP contribution in [0.4, 0.5) is 8.78 Å². The van der Waals surface area contributed by atoms with Crippen LogP contribution in [0.5, 0.6) is 0 Å². The molecule has 1 fully saturated rings. The van der Waals surface area contributed by atoms with Gasteiger partial charge in [-0.3, -0.25) is 0 Å². The van der Waals surface area contributed by atoms with Crippen LogP contribution in [0, 0.1) is 11.6 Å². The summed E-state index contributed by atoms with van der Waals surface area (Å²) in [6.45, 7) is 0. The summed E-state index contributed by atoms with van der Waals surface area (Å²) in [5, 5.41) is 10.6. The van der Waals surface area contributed by atoms with Crippen LogP contribution in [-0.2, 0) is 0 Å². The van der Waals surface area contributed by atoms with E-state index >= 15 is 0 Å². The zero-order chi connectivity index (χ0) is 14.0. The molecule has 4 heteroatoms. The molecule has 0 aromatic heterocycles. The van der Waals surface area contributed by atoms with Gasteiger partial charge in [0.25, 0.3) is 0 Å². The molecule has 0 bridgehead atoms. The average Bonchev–Trinajstić information content (AvgIpc) is 2.37. The van der Waals surface area contributed by atoms with Crippen molar-refractivity contribution in [3.63, 3.8) is 0 Å². The third-order valence-electron chi connectivity index (χ3n) is 4.32. The molecule has 19 heavy (non-hydrogen) atoms. The van der Waals surface area contributed by atoms with Crippen LogP contribution in [0.25, 0.3) is 0 Å². The maximum atomic E-state index is 13.3. The Morgan fingerprint density at radius 1 is 1.05 bits per heavy atom. The third kappa shape index (κ3) is 2.79. The molecule has 0 heterocycles. The fourth-order valence-electron chi connectivity index (χ4n) is 3.17. The van der Waals surface area contributed by atoms with Crippen molar-refractivity contribution in [3.05, 3.63) is 35.4 Å².